The summed E-state index contributed by atoms with van der Waals surface area (Å²) in [5.41, 5.74) is -0.781. The van der Waals surface area contributed by atoms with Crippen LogP contribution in [-0.2, 0) is 4.74 Å². The Morgan fingerprint density at radius 2 is 2.58 bits per heavy atom. The largest absolute Gasteiger partial charge is 0.386 e. The Bertz CT molecular complexity index is 190. The average Bonchev–Trinajstić information content (AvgIpc) is 2.34. The molecule has 1 aliphatic heterocycles. The highest BCUT2D eigenvalue weighted by atomic mass is 16.5. The van der Waals surface area contributed by atoms with Gasteiger partial charge in [0.05, 0.1) is 18.7 Å². The summed E-state index contributed by atoms with van der Waals surface area (Å²) in [5.74, 6) is 0. The smallest absolute Gasteiger partial charge is 0.105 e. The van der Waals surface area contributed by atoms with Crippen LogP contribution in [-0.4, -0.2) is 36.5 Å². The lowest BCUT2D eigenvalue weighted by molar-refractivity contribution is -0.0254. The van der Waals surface area contributed by atoms with Gasteiger partial charge in [-0.1, -0.05) is 0 Å². The first-order valence-electron chi connectivity index (χ1n) is 4.11. The lowest BCUT2D eigenvalue weighted by Gasteiger charge is -2.25. The number of rotatable bonds is 3. The summed E-state index contributed by atoms with van der Waals surface area (Å²) in [7, 11) is 0. The molecule has 0 aliphatic carbocycles. The summed E-state index contributed by atoms with van der Waals surface area (Å²) in [6, 6.07) is 1.96. The van der Waals surface area contributed by atoms with Gasteiger partial charge in [-0.25, -0.2) is 0 Å². The Balaban J connectivity index is 2.33. The van der Waals surface area contributed by atoms with Gasteiger partial charge in [-0.15, -0.1) is 0 Å². The average molecular weight is 170 g/mol. The van der Waals surface area contributed by atoms with E-state index in [-0.39, 0.29) is 12.6 Å². The van der Waals surface area contributed by atoms with Gasteiger partial charge in [0, 0.05) is 19.6 Å². The van der Waals surface area contributed by atoms with E-state index < -0.39 is 5.60 Å². The van der Waals surface area contributed by atoms with Gasteiger partial charge in [0.1, 0.15) is 5.60 Å². The molecule has 2 atom stereocenters. The molecule has 2 unspecified atom stereocenters. The lowest BCUT2D eigenvalue weighted by atomic mass is 9.97. The Morgan fingerprint density at radius 3 is 3.08 bits per heavy atom. The van der Waals surface area contributed by atoms with Crippen LogP contribution in [0.3, 0.4) is 0 Å². The Labute approximate surface area is 72.1 Å². The van der Waals surface area contributed by atoms with Crippen LogP contribution in [0, 0.1) is 11.3 Å². The molecule has 68 valence electrons. The van der Waals surface area contributed by atoms with E-state index >= 15 is 0 Å². The van der Waals surface area contributed by atoms with Crippen molar-refractivity contribution in [1.82, 2.24) is 5.32 Å². The minimum absolute atomic E-state index is 0.135. The Kier molecular flexibility index (Phi) is 3.04. The van der Waals surface area contributed by atoms with Gasteiger partial charge in [-0.2, -0.15) is 5.26 Å². The predicted molar refractivity (Wildman–Crippen MR) is 43.5 cm³/mol. The van der Waals surface area contributed by atoms with E-state index in [4.69, 9.17) is 10.00 Å². The molecule has 4 nitrogen and oxygen atoms in total. The van der Waals surface area contributed by atoms with Crippen LogP contribution in [0.15, 0.2) is 0 Å². The van der Waals surface area contributed by atoms with Crippen molar-refractivity contribution in [3.63, 3.8) is 0 Å². The molecule has 0 aromatic rings. The quantitative estimate of drug-likeness (QED) is 0.448. The number of hydrogen-bond acceptors (Lipinski definition) is 4. The molecule has 0 saturated carbocycles. The van der Waals surface area contributed by atoms with E-state index in [1.54, 1.807) is 0 Å². The highest BCUT2D eigenvalue weighted by molar-refractivity contribution is 4.92. The van der Waals surface area contributed by atoms with Gasteiger partial charge < -0.3 is 15.2 Å². The van der Waals surface area contributed by atoms with Crippen LogP contribution < -0.4 is 5.32 Å². The number of nitrogens with zero attached hydrogens (tertiary/aromatic N) is 1. The van der Waals surface area contributed by atoms with Crippen molar-refractivity contribution in [3.8, 4) is 6.07 Å². The van der Waals surface area contributed by atoms with Gasteiger partial charge in [0.2, 0.25) is 0 Å². The molecule has 0 bridgehead atoms. The lowest BCUT2D eigenvalue weighted by Crippen LogP contribution is -2.45. The summed E-state index contributed by atoms with van der Waals surface area (Å²) >= 11 is 0. The molecule has 0 spiro atoms. The van der Waals surface area contributed by atoms with Crippen molar-refractivity contribution in [3.05, 3.63) is 0 Å². The van der Waals surface area contributed by atoms with Gasteiger partial charge in [0.25, 0.3) is 0 Å². The first kappa shape index (κ1) is 9.46. The molecule has 1 fully saturated rings. The molecule has 0 aromatic heterocycles. The van der Waals surface area contributed by atoms with Crippen LogP contribution >= 0.6 is 0 Å². The fraction of sp³-hybridized carbons (Fsp3) is 0.875. The minimum Gasteiger partial charge on any atom is -0.386 e. The first-order valence-corrected chi connectivity index (χ1v) is 4.11. The van der Waals surface area contributed by atoms with Crippen LogP contribution in [0.4, 0.5) is 0 Å². The number of nitriles is 1. The summed E-state index contributed by atoms with van der Waals surface area (Å²) in [5, 5.41) is 21.0. The zero-order valence-corrected chi connectivity index (χ0v) is 7.21. The predicted octanol–water partition coefficient (Wildman–Crippen LogP) is -0.361. The van der Waals surface area contributed by atoms with E-state index in [1.165, 1.54) is 0 Å². The van der Waals surface area contributed by atoms with Crippen molar-refractivity contribution < 1.29 is 9.84 Å². The SMILES string of the molecule is CC1OCCC1(O)CNCC#N. The van der Waals surface area contributed by atoms with Crippen LogP contribution in [0.1, 0.15) is 13.3 Å². The van der Waals surface area contributed by atoms with E-state index in [2.05, 4.69) is 5.32 Å². The van der Waals surface area contributed by atoms with Gasteiger partial charge in [0.15, 0.2) is 0 Å². The van der Waals surface area contributed by atoms with E-state index in [0.717, 1.165) is 0 Å². The van der Waals surface area contributed by atoms with Crippen LogP contribution in [0.5, 0.6) is 0 Å². The Hall–Kier alpha value is -0.630. The van der Waals surface area contributed by atoms with Crippen molar-refractivity contribution in [2.45, 2.75) is 25.0 Å². The van der Waals surface area contributed by atoms with Crippen molar-refractivity contribution in [2.75, 3.05) is 19.7 Å². The highest BCUT2D eigenvalue weighted by Gasteiger charge is 2.38. The third-order valence-electron chi connectivity index (χ3n) is 2.29. The van der Waals surface area contributed by atoms with E-state index in [0.29, 0.717) is 19.6 Å². The molecule has 0 aromatic carbocycles. The number of nitrogens with one attached hydrogen (secondary N) is 1. The third kappa shape index (κ3) is 1.95. The topological polar surface area (TPSA) is 65.3 Å². The van der Waals surface area contributed by atoms with Gasteiger partial charge in [-0.05, 0) is 6.92 Å². The summed E-state index contributed by atoms with van der Waals surface area (Å²) in [6.07, 6.45) is 0.510. The summed E-state index contributed by atoms with van der Waals surface area (Å²) < 4.78 is 5.23. The van der Waals surface area contributed by atoms with E-state index in [1.807, 2.05) is 13.0 Å². The monoisotopic (exact) mass is 170 g/mol. The molecule has 12 heavy (non-hydrogen) atoms. The highest BCUT2D eigenvalue weighted by Crippen LogP contribution is 2.24. The van der Waals surface area contributed by atoms with Gasteiger partial charge >= 0.3 is 0 Å². The molecule has 4 heteroatoms. The Morgan fingerprint density at radius 1 is 1.83 bits per heavy atom. The molecule has 0 radical (unpaired) electrons. The molecular weight excluding hydrogens is 156 g/mol. The maximum Gasteiger partial charge on any atom is 0.105 e. The molecule has 1 saturated heterocycles. The zero-order chi connectivity index (χ0) is 9.03. The maximum atomic E-state index is 9.89. The van der Waals surface area contributed by atoms with Crippen LogP contribution in [0.2, 0.25) is 0 Å². The van der Waals surface area contributed by atoms with Crippen LogP contribution in [0.25, 0.3) is 0 Å². The number of aliphatic hydroxyl groups is 1. The fourth-order valence-corrected chi connectivity index (χ4v) is 1.34. The second-order valence-electron chi connectivity index (χ2n) is 3.13. The maximum absolute atomic E-state index is 9.89. The minimum atomic E-state index is -0.781. The van der Waals surface area contributed by atoms with Gasteiger partial charge in [-0.3, -0.25) is 0 Å². The summed E-state index contributed by atoms with van der Waals surface area (Å²) in [6.45, 7) is 3.16. The molecule has 2 N–H and O–H groups in total. The van der Waals surface area contributed by atoms with E-state index in [9.17, 15) is 5.11 Å². The van der Waals surface area contributed by atoms with Crippen molar-refractivity contribution in [1.29, 1.82) is 5.26 Å². The molecule has 1 rings (SSSR count). The first-order chi connectivity index (χ1) is 5.69. The molecule has 0 amide bonds. The molecule has 1 aliphatic rings. The van der Waals surface area contributed by atoms with Crippen molar-refractivity contribution in [2.24, 2.45) is 0 Å². The normalized spacial score (nSPS) is 34.9. The summed E-state index contributed by atoms with van der Waals surface area (Å²) in [4.78, 5) is 0. The molecular formula is C8H14N2O2. The van der Waals surface area contributed by atoms with Crippen molar-refractivity contribution >= 4 is 0 Å². The third-order valence-corrected chi connectivity index (χ3v) is 2.29. The number of hydrogen-bond donors (Lipinski definition) is 2. The molecule has 1 heterocycles. The standard InChI is InChI=1S/C8H14N2O2/c1-7-8(11,2-5-12-7)6-10-4-3-9/h7,10-11H,2,4-6H2,1H3. The second kappa shape index (κ2) is 3.85. The fourth-order valence-electron chi connectivity index (χ4n) is 1.34. The second-order valence-corrected chi connectivity index (χ2v) is 3.13. The number of ether oxygens (including phenoxy) is 1. The zero-order valence-electron chi connectivity index (χ0n) is 7.21.